The van der Waals surface area contributed by atoms with Crippen molar-refractivity contribution in [2.45, 2.75) is 46.0 Å². The number of fused-ring (bicyclic) bond motifs is 4. The minimum atomic E-state index is 1.08. The quantitative estimate of drug-likeness (QED) is 0.326. The van der Waals surface area contributed by atoms with E-state index in [1.54, 1.807) is 0 Å². The molecule has 4 aromatic rings. The van der Waals surface area contributed by atoms with Gasteiger partial charge >= 0.3 is 0 Å². The summed E-state index contributed by atoms with van der Waals surface area (Å²) >= 11 is 0. The second kappa shape index (κ2) is 7.24. The minimum Gasteiger partial charge on any atom is -0.0795 e. The van der Waals surface area contributed by atoms with Crippen LogP contribution in [0, 0.1) is 13.8 Å². The summed E-state index contributed by atoms with van der Waals surface area (Å²) in [6.45, 7) is 4.55. The van der Waals surface area contributed by atoms with Crippen LogP contribution in [0.5, 0.6) is 0 Å². The molecule has 0 heteroatoms. The zero-order valence-electron chi connectivity index (χ0n) is 18.5. The van der Waals surface area contributed by atoms with E-state index < -0.39 is 0 Å². The second-order valence-corrected chi connectivity index (χ2v) is 9.42. The molecule has 0 aliphatic heterocycles. The number of rotatable bonds is 4. The zero-order valence-corrected chi connectivity index (χ0v) is 18.5. The molecule has 2 aliphatic rings. The second-order valence-electron chi connectivity index (χ2n) is 9.42. The fraction of sp³-hybridized carbons (Fsp3) is 0.226. The van der Waals surface area contributed by atoms with Crippen LogP contribution in [0.1, 0.15) is 50.9 Å². The minimum absolute atomic E-state index is 1.08. The molecule has 0 heterocycles. The molecule has 0 nitrogen and oxygen atoms in total. The van der Waals surface area contributed by atoms with Crippen LogP contribution >= 0.6 is 0 Å². The summed E-state index contributed by atoms with van der Waals surface area (Å²) in [5.41, 5.74) is 11.6. The van der Waals surface area contributed by atoms with E-state index in [2.05, 4.69) is 86.7 Å². The fourth-order valence-corrected chi connectivity index (χ4v) is 5.45. The third-order valence-corrected chi connectivity index (χ3v) is 7.27. The predicted molar refractivity (Wildman–Crippen MR) is 135 cm³/mol. The Morgan fingerprint density at radius 2 is 1.00 bits per heavy atom. The number of benzene rings is 4. The lowest BCUT2D eigenvalue weighted by atomic mass is 9.92. The van der Waals surface area contributed by atoms with Gasteiger partial charge < -0.3 is 0 Å². The lowest BCUT2D eigenvalue weighted by Crippen LogP contribution is -1.96. The SMILES string of the molecule is Cc1cc2cc3c(cc2cc1CCCc1cc2cc4c(cc2cc1C)CC=C4)C=CC3. The Bertz CT molecular complexity index is 1300. The fourth-order valence-electron chi connectivity index (χ4n) is 5.45. The monoisotopic (exact) mass is 400 g/mol. The summed E-state index contributed by atoms with van der Waals surface area (Å²) in [6, 6.07) is 19.1. The lowest BCUT2D eigenvalue weighted by molar-refractivity contribution is 0.814. The topological polar surface area (TPSA) is 0 Å². The Kier molecular flexibility index (Phi) is 4.35. The average molecular weight is 401 g/mol. The molecule has 31 heavy (non-hydrogen) atoms. The van der Waals surface area contributed by atoms with Crippen molar-refractivity contribution in [2.24, 2.45) is 0 Å². The van der Waals surface area contributed by atoms with Crippen molar-refractivity contribution >= 4 is 33.7 Å². The van der Waals surface area contributed by atoms with Crippen molar-refractivity contribution in [2.75, 3.05) is 0 Å². The van der Waals surface area contributed by atoms with E-state index in [4.69, 9.17) is 0 Å². The van der Waals surface area contributed by atoms with Gasteiger partial charge in [-0.25, -0.2) is 0 Å². The summed E-state index contributed by atoms with van der Waals surface area (Å²) in [5.74, 6) is 0. The highest BCUT2D eigenvalue weighted by Crippen LogP contribution is 2.30. The van der Waals surface area contributed by atoms with Crippen LogP contribution in [0.2, 0.25) is 0 Å². The summed E-state index contributed by atoms with van der Waals surface area (Å²) in [6.07, 6.45) is 14.7. The van der Waals surface area contributed by atoms with Crippen molar-refractivity contribution in [1.29, 1.82) is 0 Å². The van der Waals surface area contributed by atoms with Crippen molar-refractivity contribution in [3.63, 3.8) is 0 Å². The molecular weight excluding hydrogens is 372 g/mol. The van der Waals surface area contributed by atoms with Crippen molar-refractivity contribution in [3.05, 3.63) is 105 Å². The van der Waals surface area contributed by atoms with Gasteiger partial charge in [-0.2, -0.15) is 0 Å². The molecule has 0 atom stereocenters. The molecule has 152 valence electrons. The number of hydrogen-bond acceptors (Lipinski definition) is 0. The molecule has 0 saturated heterocycles. The molecule has 6 rings (SSSR count). The van der Waals surface area contributed by atoms with Crippen LogP contribution in [-0.4, -0.2) is 0 Å². The Labute approximate surface area is 184 Å². The molecule has 0 unspecified atom stereocenters. The van der Waals surface area contributed by atoms with Crippen molar-refractivity contribution in [1.82, 2.24) is 0 Å². The largest absolute Gasteiger partial charge is 0.0795 e. The van der Waals surface area contributed by atoms with E-state index in [0.29, 0.717) is 0 Å². The molecule has 2 aliphatic carbocycles. The summed E-state index contributed by atoms with van der Waals surface area (Å²) in [5, 5.41) is 5.54. The van der Waals surface area contributed by atoms with Crippen molar-refractivity contribution in [3.8, 4) is 0 Å². The van der Waals surface area contributed by atoms with Gasteiger partial charge in [-0.05, 0) is 124 Å². The highest BCUT2D eigenvalue weighted by Gasteiger charge is 2.11. The van der Waals surface area contributed by atoms with E-state index in [1.807, 2.05) is 0 Å². The molecule has 0 aromatic heterocycles. The van der Waals surface area contributed by atoms with Gasteiger partial charge in [0.25, 0.3) is 0 Å². The Hall–Kier alpha value is -3.12. The first-order valence-corrected chi connectivity index (χ1v) is 11.6. The molecule has 0 amide bonds. The predicted octanol–water partition coefficient (Wildman–Crippen LogP) is 7.92. The number of allylic oxidation sites excluding steroid dienone is 2. The molecule has 0 fully saturated rings. The van der Waals surface area contributed by atoms with Gasteiger partial charge in [-0.1, -0.05) is 60.7 Å². The van der Waals surface area contributed by atoms with Gasteiger partial charge in [0.1, 0.15) is 0 Å². The number of hydrogen-bond donors (Lipinski definition) is 0. The van der Waals surface area contributed by atoms with E-state index >= 15 is 0 Å². The highest BCUT2D eigenvalue weighted by molar-refractivity contribution is 5.89. The Morgan fingerprint density at radius 1 is 0.548 bits per heavy atom. The normalized spacial score (nSPS) is 14.0. The van der Waals surface area contributed by atoms with Gasteiger partial charge in [0.15, 0.2) is 0 Å². The highest BCUT2D eigenvalue weighted by atomic mass is 14.2. The third-order valence-electron chi connectivity index (χ3n) is 7.27. The zero-order chi connectivity index (χ0) is 20.9. The Morgan fingerprint density at radius 3 is 1.48 bits per heavy atom. The lowest BCUT2D eigenvalue weighted by Gasteiger charge is -2.12. The van der Waals surface area contributed by atoms with Crippen LogP contribution in [0.3, 0.4) is 0 Å². The first-order valence-electron chi connectivity index (χ1n) is 11.6. The van der Waals surface area contributed by atoms with E-state index in [9.17, 15) is 0 Å². The molecule has 0 bridgehead atoms. The molecule has 4 aromatic carbocycles. The number of aryl methyl sites for hydroxylation is 4. The van der Waals surface area contributed by atoms with E-state index in [1.165, 1.54) is 72.5 Å². The first kappa shape index (κ1) is 18.6. The van der Waals surface area contributed by atoms with Crippen LogP contribution in [0.15, 0.2) is 60.7 Å². The first-order chi connectivity index (χ1) is 15.1. The third kappa shape index (κ3) is 3.31. The van der Waals surface area contributed by atoms with Gasteiger partial charge in [0.2, 0.25) is 0 Å². The van der Waals surface area contributed by atoms with Crippen LogP contribution in [0.25, 0.3) is 33.7 Å². The standard InChI is InChI=1S/C31H28/c1-20-12-28-16-24-8-4-10-26(24)18-30(28)14-22(20)6-3-7-23-15-31-19-27-11-5-9-25(27)17-29(31)13-21(23)2/h4-5,10-19H,3,6-9H2,1-2H3. The van der Waals surface area contributed by atoms with Crippen molar-refractivity contribution < 1.29 is 0 Å². The smallest absolute Gasteiger partial charge is 0.00880 e. The van der Waals surface area contributed by atoms with Gasteiger partial charge in [0, 0.05) is 0 Å². The molecule has 0 N–H and O–H groups in total. The van der Waals surface area contributed by atoms with Crippen LogP contribution in [0.4, 0.5) is 0 Å². The maximum Gasteiger partial charge on any atom is -0.00880 e. The average Bonchev–Trinajstić information content (AvgIpc) is 3.39. The van der Waals surface area contributed by atoms with Gasteiger partial charge in [-0.3, -0.25) is 0 Å². The summed E-state index contributed by atoms with van der Waals surface area (Å²) in [7, 11) is 0. The van der Waals surface area contributed by atoms with Gasteiger partial charge in [0.05, 0.1) is 0 Å². The van der Waals surface area contributed by atoms with Gasteiger partial charge in [-0.15, -0.1) is 0 Å². The summed E-state index contributed by atoms with van der Waals surface area (Å²) < 4.78 is 0. The van der Waals surface area contributed by atoms with E-state index in [-0.39, 0.29) is 0 Å². The molecule has 0 saturated carbocycles. The van der Waals surface area contributed by atoms with Crippen LogP contribution in [-0.2, 0) is 25.7 Å². The van der Waals surface area contributed by atoms with Crippen LogP contribution < -0.4 is 0 Å². The maximum absolute atomic E-state index is 2.43. The molecule has 0 radical (unpaired) electrons. The molecular formula is C31H28. The molecule has 0 spiro atoms. The van der Waals surface area contributed by atoms with E-state index in [0.717, 1.165) is 25.7 Å². The maximum atomic E-state index is 2.43. The summed E-state index contributed by atoms with van der Waals surface area (Å²) in [4.78, 5) is 0. The Balaban J connectivity index is 1.24.